The molecule has 4 aliphatic rings. The summed E-state index contributed by atoms with van der Waals surface area (Å²) in [4.78, 5) is 0. The monoisotopic (exact) mass is 248 g/mol. The van der Waals surface area contributed by atoms with E-state index in [4.69, 9.17) is 0 Å². The fourth-order valence-corrected chi connectivity index (χ4v) is 6.45. The molecule has 1 heteroatoms. The Balaban J connectivity index is 1.53. The van der Waals surface area contributed by atoms with Crippen LogP contribution in [-0.2, 0) is 0 Å². The predicted octanol–water partition coefficient (Wildman–Crippen LogP) is 4.00. The van der Waals surface area contributed by atoms with E-state index in [1.807, 2.05) is 0 Å². The van der Waals surface area contributed by atoms with Gasteiger partial charge in [-0.3, -0.25) is 0 Å². The Hall–Kier alpha value is -0.0400. The van der Waals surface area contributed by atoms with E-state index >= 15 is 0 Å². The largest absolute Gasteiger partial charge is 0.393 e. The zero-order valence-corrected chi connectivity index (χ0v) is 11.6. The first kappa shape index (κ1) is 11.8. The van der Waals surface area contributed by atoms with E-state index in [-0.39, 0.29) is 6.10 Å². The standard InChI is InChI=1S/C17H28O/c18-13-6-9-15-12(10-13)5-8-16-14-3-1-2-11(14)4-7-17(15)16/h11-18H,1-10H2/t11?,12?,13-,14?,15?,16?,17?/m1/s1. The lowest BCUT2D eigenvalue weighted by molar-refractivity contribution is -0.0457. The van der Waals surface area contributed by atoms with Gasteiger partial charge in [0, 0.05) is 0 Å². The van der Waals surface area contributed by atoms with Gasteiger partial charge in [0.15, 0.2) is 0 Å². The predicted molar refractivity (Wildman–Crippen MR) is 73.1 cm³/mol. The Morgan fingerprint density at radius 2 is 1.22 bits per heavy atom. The summed E-state index contributed by atoms with van der Waals surface area (Å²) < 4.78 is 0. The Kier molecular flexibility index (Phi) is 2.94. The van der Waals surface area contributed by atoms with Crippen molar-refractivity contribution in [1.29, 1.82) is 0 Å². The molecule has 1 nitrogen and oxygen atoms in total. The Labute approximate surface area is 111 Å². The second kappa shape index (κ2) is 4.51. The van der Waals surface area contributed by atoms with E-state index in [1.165, 1.54) is 38.5 Å². The maximum Gasteiger partial charge on any atom is 0.0543 e. The molecule has 0 saturated heterocycles. The number of aliphatic hydroxyl groups excluding tert-OH is 1. The molecule has 6 unspecified atom stereocenters. The van der Waals surface area contributed by atoms with E-state index in [2.05, 4.69) is 0 Å². The smallest absolute Gasteiger partial charge is 0.0543 e. The molecule has 4 aliphatic carbocycles. The van der Waals surface area contributed by atoms with Crippen LogP contribution in [0.1, 0.15) is 64.2 Å². The number of hydrogen-bond donors (Lipinski definition) is 1. The van der Waals surface area contributed by atoms with Crippen molar-refractivity contribution in [3.63, 3.8) is 0 Å². The first-order valence-corrected chi connectivity index (χ1v) is 8.51. The Morgan fingerprint density at radius 1 is 0.556 bits per heavy atom. The quantitative estimate of drug-likeness (QED) is 0.687. The fourth-order valence-electron chi connectivity index (χ4n) is 6.45. The normalized spacial score (nSPS) is 55.5. The Morgan fingerprint density at radius 3 is 2.06 bits per heavy atom. The second-order valence-corrected chi connectivity index (χ2v) is 7.73. The molecular weight excluding hydrogens is 220 g/mol. The molecule has 1 N–H and O–H groups in total. The number of rotatable bonds is 0. The molecule has 0 spiro atoms. The van der Waals surface area contributed by atoms with Gasteiger partial charge in [-0.25, -0.2) is 0 Å². The van der Waals surface area contributed by atoms with Crippen LogP contribution in [0.2, 0.25) is 0 Å². The molecule has 0 bridgehead atoms. The zero-order valence-electron chi connectivity index (χ0n) is 11.6. The Bertz CT molecular complexity index is 313. The van der Waals surface area contributed by atoms with Gasteiger partial charge in [0.25, 0.3) is 0 Å². The third-order valence-electron chi connectivity index (χ3n) is 7.12. The van der Waals surface area contributed by atoms with E-state index < -0.39 is 0 Å². The van der Waals surface area contributed by atoms with Gasteiger partial charge in [0.1, 0.15) is 0 Å². The van der Waals surface area contributed by atoms with Crippen molar-refractivity contribution in [3.8, 4) is 0 Å². The molecule has 0 heterocycles. The van der Waals surface area contributed by atoms with Gasteiger partial charge < -0.3 is 5.11 Å². The molecule has 18 heavy (non-hydrogen) atoms. The van der Waals surface area contributed by atoms with E-state index in [1.54, 1.807) is 12.8 Å². The molecule has 102 valence electrons. The lowest BCUT2D eigenvalue weighted by Crippen LogP contribution is -2.45. The van der Waals surface area contributed by atoms with Crippen molar-refractivity contribution < 1.29 is 5.11 Å². The molecule has 0 radical (unpaired) electrons. The topological polar surface area (TPSA) is 20.2 Å². The fraction of sp³-hybridized carbons (Fsp3) is 1.00. The van der Waals surface area contributed by atoms with Gasteiger partial charge in [-0.1, -0.05) is 12.8 Å². The SMILES string of the molecule is O[C@@H]1CCC2C(CCC3C4CCCC4CCC23)C1. The zero-order chi connectivity index (χ0) is 12.1. The van der Waals surface area contributed by atoms with Crippen LogP contribution in [0.15, 0.2) is 0 Å². The summed E-state index contributed by atoms with van der Waals surface area (Å²) in [6.07, 6.45) is 14.2. The van der Waals surface area contributed by atoms with Crippen molar-refractivity contribution in [2.24, 2.45) is 35.5 Å². The number of hydrogen-bond acceptors (Lipinski definition) is 1. The van der Waals surface area contributed by atoms with Crippen molar-refractivity contribution in [2.75, 3.05) is 0 Å². The van der Waals surface area contributed by atoms with Gasteiger partial charge in [-0.05, 0) is 86.9 Å². The van der Waals surface area contributed by atoms with Crippen LogP contribution < -0.4 is 0 Å². The molecule has 4 rings (SSSR count). The van der Waals surface area contributed by atoms with Gasteiger partial charge in [-0.2, -0.15) is 0 Å². The third kappa shape index (κ3) is 1.77. The summed E-state index contributed by atoms with van der Waals surface area (Å²) in [6.45, 7) is 0. The van der Waals surface area contributed by atoms with Crippen LogP contribution in [0.4, 0.5) is 0 Å². The van der Waals surface area contributed by atoms with Crippen molar-refractivity contribution in [3.05, 3.63) is 0 Å². The third-order valence-corrected chi connectivity index (χ3v) is 7.12. The van der Waals surface area contributed by atoms with Gasteiger partial charge >= 0.3 is 0 Å². The van der Waals surface area contributed by atoms with E-state index in [0.29, 0.717) is 0 Å². The van der Waals surface area contributed by atoms with Crippen LogP contribution in [0, 0.1) is 35.5 Å². The van der Waals surface area contributed by atoms with Gasteiger partial charge in [-0.15, -0.1) is 0 Å². The van der Waals surface area contributed by atoms with Crippen molar-refractivity contribution in [1.82, 2.24) is 0 Å². The average Bonchev–Trinajstić information content (AvgIpc) is 2.86. The first-order chi connectivity index (χ1) is 8.83. The van der Waals surface area contributed by atoms with E-state index in [9.17, 15) is 5.11 Å². The van der Waals surface area contributed by atoms with Crippen LogP contribution >= 0.6 is 0 Å². The maximum atomic E-state index is 9.89. The minimum Gasteiger partial charge on any atom is -0.393 e. The summed E-state index contributed by atoms with van der Waals surface area (Å²) >= 11 is 0. The molecule has 0 aliphatic heterocycles. The summed E-state index contributed by atoms with van der Waals surface area (Å²) in [6, 6.07) is 0. The average molecular weight is 248 g/mol. The lowest BCUT2D eigenvalue weighted by atomic mass is 9.53. The maximum absolute atomic E-state index is 9.89. The highest BCUT2D eigenvalue weighted by molar-refractivity contribution is 4.99. The molecule has 0 amide bonds. The number of fused-ring (bicyclic) bond motifs is 5. The second-order valence-electron chi connectivity index (χ2n) is 7.73. The summed E-state index contributed by atoms with van der Waals surface area (Å²) in [5.41, 5.74) is 0. The highest BCUT2D eigenvalue weighted by Crippen LogP contribution is 2.57. The summed E-state index contributed by atoms with van der Waals surface area (Å²) in [7, 11) is 0. The minimum absolute atomic E-state index is 0.0330. The van der Waals surface area contributed by atoms with Crippen molar-refractivity contribution in [2.45, 2.75) is 70.3 Å². The molecule has 4 saturated carbocycles. The van der Waals surface area contributed by atoms with Gasteiger partial charge in [0.2, 0.25) is 0 Å². The molecule has 4 fully saturated rings. The molecule has 0 aromatic heterocycles. The summed E-state index contributed by atoms with van der Waals surface area (Å²) in [5.74, 6) is 6.23. The van der Waals surface area contributed by atoms with Crippen LogP contribution in [-0.4, -0.2) is 11.2 Å². The van der Waals surface area contributed by atoms with Gasteiger partial charge in [0.05, 0.1) is 6.10 Å². The van der Waals surface area contributed by atoms with Crippen LogP contribution in [0.5, 0.6) is 0 Å². The first-order valence-electron chi connectivity index (χ1n) is 8.51. The molecular formula is C17H28O. The van der Waals surface area contributed by atoms with Crippen LogP contribution in [0.3, 0.4) is 0 Å². The highest BCUT2D eigenvalue weighted by atomic mass is 16.3. The highest BCUT2D eigenvalue weighted by Gasteiger charge is 2.49. The van der Waals surface area contributed by atoms with E-state index in [0.717, 1.165) is 48.3 Å². The summed E-state index contributed by atoms with van der Waals surface area (Å²) in [5, 5.41) is 9.89. The molecule has 0 aromatic rings. The minimum atomic E-state index is 0.0330. The number of aliphatic hydroxyl groups is 1. The van der Waals surface area contributed by atoms with Crippen LogP contribution in [0.25, 0.3) is 0 Å². The lowest BCUT2D eigenvalue weighted by Gasteiger charge is -2.52. The molecule has 7 atom stereocenters. The molecule has 0 aromatic carbocycles. The van der Waals surface area contributed by atoms with Crippen molar-refractivity contribution >= 4 is 0 Å².